The normalized spacial score (nSPS) is 17.2. The molecule has 0 aliphatic carbocycles. The topological polar surface area (TPSA) is 125 Å². The highest BCUT2D eigenvalue weighted by Gasteiger charge is 2.38. The molecule has 2 atom stereocenters. The number of fused-ring (bicyclic) bond motifs is 1. The van der Waals surface area contributed by atoms with Crippen LogP contribution < -0.4 is 16.2 Å². The Bertz CT molecular complexity index is 839. The van der Waals surface area contributed by atoms with Gasteiger partial charge < -0.3 is 20.2 Å². The van der Waals surface area contributed by atoms with Crippen molar-refractivity contribution in [3.63, 3.8) is 0 Å². The number of nitrogens with two attached hydrogens (primary N) is 1. The highest BCUT2D eigenvalue weighted by atomic mass is 28.4. The lowest BCUT2D eigenvalue weighted by molar-refractivity contribution is -0.145. The van der Waals surface area contributed by atoms with E-state index in [1.54, 1.807) is 36.2 Å². The molecule has 9 nitrogen and oxygen atoms in total. The molecular formula is C21H34N4O5Si. The molecule has 1 heterocycles. The summed E-state index contributed by atoms with van der Waals surface area (Å²) in [7, 11) is -2.05. The van der Waals surface area contributed by atoms with Gasteiger partial charge in [0.05, 0.1) is 18.3 Å². The molecule has 0 saturated heterocycles. The van der Waals surface area contributed by atoms with E-state index in [-0.39, 0.29) is 24.1 Å². The fourth-order valence-electron chi connectivity index (χ4n) is 3.12. The summed E-state index contributed by atoms with van der Waals surface area (Å²) in [6.07, 6.45) is 0. The molecule has 1 unspecified atom stereocenters. The second-order valence-corrected chi connectivity index (χ2v) is 14.3. The number of anilines is 1. The van der Waals surface area contributed by atoms with Crippen molar-refractivity contribution < 1.29 is 23.9 Å². The number of aliphatic carboxylic acids is 1. The summed E-state index contributed by atoms with van der Waals surface area (Å²) in [5, 5.41) is 10.9. The van der Waals surface area contributed by atoms with Gasteiger partial charge in [-0.1, -0.05) is 39.0 Å². The van der Waals surface area contributed by atoms with Gasteiger partial charge in [0.2, 0.25) is 11.8 Å². The number of benzene rings is 1. The lowest BCUT2D eigenvalue weighted by Gasteiger charge is -2.38. The van der Waals surface area contributed by atoms with Crippen LogP contribution in [0, 0.1) is 0 Å². The predicted octanol–water partition coefficient (Wildman–Crippen LogP) is 1.86. The Morgan fingerprint density at radius 2 is 1.90 bits per heavy atom. The Hall–Kier alpha value is -2.43. The molecule has 1 aromatic rings. The molecule has 0 aromatic heterocycles. The fraction of sp³-hybridized carbons (Fsp3) is 0.571. The van der Waals surface area contributed by atoms with Gasteiger partial charge in [-0.3, -0.25) is 19.4 Å². The summed E-state index contributed by atoms with van der Waals surface area (Å²) in [6, 6.07) is 5.97. The average Bonchev–Trinajstić information content (AvgIpc) is 3.02. The Morgan fingerprint density at radius 1 is 1.29 bits per heavy atom. The standard InChI is InChI=1S/C21H34N4O5Si/c1-14(13-30-31(5,6)21(2,3)4)24(12-18(27)28)17(26)11-25-16-10-8-7-9-15(16)19(23-25)20(22)29/h7-10,14,19,23H,11-13H2,1-6H3,(H2,22,29)(H,27,28)/t14-,19?/m1/s1. The number of hydrogen-bond acceptors (Lipinski definition) is 6. The first-order chi connectivity index (χ1) is 14.2. The van der Waals surface area contributed by atoms with Crippen LogP contribution in [0.15, 0.2) is 24.3 Å². The molecule has 2 rings (SSSR count). The first-order valence-corrected chi connectivity index (χ1v) is 13.2. The monoisotopic (exact) mass is 450 g/mol. The van der Waals surface area contributed by atoms with Crippen molar-refractivity contribution in [2.45, 2.75) is 57.9 Å². The molecule has 1 aromatic carbocycles. The second-order valence-electron chi connectivity index (χ2n) is 9.45. The van der Waals surface area contributed by atoms with Gasteiger partial charge in [0.1, 0.15) is 19.1 Å². The van der Waals surface area contributed by atoms with Crippen LogP contribution in [-0.4, -0.2) is 61.8 Å². The van der Waals surface area contributed by atoms with Gasteiger partial charge in [-0.05, 0) is 31.1 Å². The SMILES string of the molecule is C[C@H](CO[Si](C)(C)C(C)(C)C)N(CC(=O)O)C(=O)CN1NC(C(N)=O)c2ccccc21. The Labute approximate surface area is 184 Å². The van der Waals surface area contributed by atoms with Gasteiger partial charge in [-0.25, -0.2) is 5.43 Å². The number of carbonyl (C=O) groups is 3. The van der Waals surface area contributed by atoms with E-state index in [1.807, 2.05) is 0 Å². The minimum Gasteiger partial charge on any atom is -0.480 e. The first kappa shape index (κ1) is 24.8. The third kappa shape index (κ3) is 5.84. The molecule has 2 amide bonds. The largest absolute Gasteiger partial charge is 0.480 e. The number of para-hydroxylation sites is 1. The maximum atomic E-state index is 13.1. The van der Waals surface area contributed by atoms with Crippen LogP contribution in [-0.2, 0) is 18.8 Å². The minimum absolute atomic E-state index is 0.00130. The highest BCUT2D eigenvalue weighted by molar-refractivity contribution is 6.74. The highest BCUT2D eigenvalue weighted by Crippen LogP contribution is 2.36. The number of carboxylic acid groups (broad SMARTS) is 1. The zero-order chi connectivity index (χ0) is 23.6. The van der Waals surface area contributed by atoms with E-state index >= 15 is 0 Å². The summed E-state index contributed by atoms with van der Waals surface area (Å²) >= 11 is 0. The van der Waals surface area contributed by atoms with Crippen molar-refractivity contribution >= 4 is 31.8 Å². The maximum Gasteiger partial charge on any atom is 0.323 e. The number of hydrazine groups is 1. The van der Waals surface area contributed by atoms with Gasteiger partial charge in [-0.2, -0.15) is 0 Å². The third-order valence-corrected chi connectivity index (χ3v) is 10.6. The Kier molecular flexibility index (Phi) is 7.51. The van der Waals surface area contributed by atoms with Crippen molar-refractivity contribution in [2.24, 2.45) is 5.73 Å². The smallest absolute Gasteiger partial charge is 0.323 e. The summed E-state index contributed by atoms with van der Waals surface area (Å²) in [4.78, 5) is 37.6. The molecule has 0 saturated carbocycles. The molecular weight excluding hydrogens is 416 g/mol. The van der Waals surface area contributed by atoms with E-state index in [1.165, 1.54) is 4.90 Å². The van der Waals surface area contributed by atoms with Crippen LogP contribution in [0.25, 0.3) is 0 Å². The lowest BCUT2D eigenvalue weighted by Crippen LogP contribution is -2.52. The molecule has 1 aliphatic heterocycles. The van der Waals surface area contributed by atoms with Gasteiger partial charge >= 0.3 is 5.97 Å². The van der Waals surface area contributed by atoms with Crippen molar-refractivity contribution in [3.8, 4) is 0 Å². The fourth-order valence-corrected chi connectivity index (χ4v) is 4.21. The molecule has 4 N–H and O–H groups in total. The molecule has 172 valence electrons. The molecule has 0 bridgehead atoms. The van der Waals surface area contributed by atoms with Crippen LogP contribution >= 0.6 is 0 Å². The molecule has 1 aliphatic rings. The van der Waals surface area contributed by atoms with Crippen molar-refractivity contribution in [3.05, 3.63) is 29.8 Å². The molecule has 0 fully saturated rings. The quantitative estimate of drug-likeness (QED) is 0.490. The number of carboxylic acids is 1. The predicted molar refractivity (Wildman–Crippen MR) is 121 cm³/mol. The van der Waals surface area contributed by atoms with E-state index in [4.69, 9.17) is 10.2 Å². The van der Waals surface area contributed by atoms with Gasteiger partial charge in [0.15, 0.2) is 8.32 Å². The number of carbonyl (C=O) groups excluding carboxylic acids is 2. The molecule has 0 spiro atoms. The van der Waals surface area contributed by atoms with Gasteiger partial charge in [0.25, 0.3) is 0 Å². The van der Waals surface area contributed by atoms with Gasteiger partial charge in [-0.15, -0.1) is 0 Å². The first-order valence-electron chi connectivity index (χ1n) is 10.3. The average molecular weight is 451 g/mol. The van der Waals surface area contributed by atoms with Crippen LogP contribution in [0.5, 0.6) is 0 Å². The van der Waals surface area contributed by atoms with Crippen molar-refractivity contribution in [1.29, 1.82) is 0 Å². The maximum absolute atomic E-state index is 13.1. The van der Waals surface area contributed by atoms with E-state index in [2.05, 4.69) is 39.3 Å². The number of nitrogens with one attached hydrogen (secondary N) is 1. The summed E-state index contributed by atoms with van der Waals surface area (Å²) in [5.74, 6) is -2.04. The third-order valence-electron chi connectivity index (χ3n) is 6.05. The van der Waals surface area contributed by atoms with Gasteiger partial charge in [0, 0.05) is 5.56 Å². The number of rotatable bonds is 9. The van der Waals surface area contributed by atoms with Crippen LogP contribution in [0.3, 0.4) is 0 Å². The Balaban J connectivity index is 2.15. The number of hydrogen-bond donors (Lipinski definition) is 3. The van der Waals surface area contributed by atoms with Crippen LogP contribution in [0.2, 0.25) is 18.1 Å². The van der Waals surface area contributed by atoms with E-state index in [0.717, 1.165) is 0 Å². The lowest BCUT2D eigenvalue weighted by atomic mass is 10.1. The molecule has 0 radical (unpaired) electrons. The number of amides is 2. The summed E-state index contributed by atoms with van der Waals surface area (Å²) < 4.78 is 6.20. The molecule has 31 heavy (non-hydrogen) atoms. The number of nitrogens with zero attached hydrogens (tertiary/aromatic N) is 2. The number of primary amides is 1. The van der Waals surface area contributed by atoms with E-state index in [9.17, 15) is 19.5 Å². The molecule has 10 heteroatoms. The second kappa shape index (κ2) is 9.37. The van der Waals surface area contributed by atoms with E-state index < -0.39 is 38.8 Å². The Morgan fingerprint density at radius 3 is 2.45 bits per heavy atom. The van der Waals surface area contributed by atoms with Crippen LogP contribution in [0.1, 0.15) is 39.3 Å². The zero-order valence-electron chi connectivity index (χ0n) is 19.1. The minimum atomic E-state index is -2.05. The summed E-state index contributed by atoms with van der Waals surface area (Å²) in [6.45, 7) is 12.0. The van der Waals surface area contributed by atoms with Crippen molar-refractivity contribution in [2.75, 3.05) is 24.7 Å². The van der Waals surface area contributed by atoms with E-state index in [0.29, 0.717) is 11.3 Å². The van der Waals surface area contributed by atoms with Crippen molar-refractivity contribution in [1.82, 2.24) is 10.3 Å². The summed E-state index contributed by atoms with van der Waals surface area (Å²) in [5.41, 5.74) is 9.78. The zero-order valence-corrected chi connectivity index (χ0v) is 20.1. The van der Waals surface area contributed by atoms with Crippen LogP contribution in [0.4, 0.5) is 5.69 Å².